The molecule has 0 saturated carbocycles. The average Bonchev–Trinajstić information content (AvgIpc) is 2.68. The van der Waals surface area contributed by atoms with E-state index in [1.165, 1.54) is 27.0 Å². The van der Waals surface area contributed by atoms with Crippen LogP contribution in [0, 0.1) is 11.8 Å². The molecule has 0 radical (unpaired) electrons. The first-order valence-electron chi connectivity index (χ1n) is 10.6. The smallest absolute Gasteiger partial charge is 0.330 e. The number of fused-ring (bicyclic) bond motifs is 1. The molecular weight excluding hydrogens is 408 g/mol. The Morgan fingerprint density at radius 3 is 2.35 bits per heavy atom. The highest BCUT2D eigenvalue weighted by molar-refractivity contribution is 5.82. The predicted molar refractivity (Wildman–Crippen MR) is 107 cm³/mol. The molecule has 3 rings (SSSR count). The van der Waals surface area contributed by atoms with E-state index in [0.29, 0.717) is 18.4 Å². The minimum Gasteiger partial charge on any atom is -0.466 e. The van der Waals surface area contributed by atoms with Crippen molar-refractivity contribution in [3.05, 3.63) is 11.6 Å². The van der Waals surface area contributed by atoms with Gasteiger partial charge in [-0.1, -0.05) is 12.5 Å². The summed E-state index contributed by atoms with van der Waals surface area (Å²) < 4.78 is 34.9. The van der Waals surface area contributed by atoms with Gasteiger partial charge in [0, 0.05) is 31.8 Å². The van der Waals surface area contributed by atoms with Crippen LogP contribution >= 0.6 is 0 Å². The van der Waals surface area contributed by atoms with Crippen LogP contribution in [0.1, 0.15) is 47.5 Å². The molecule has 0 aromatic heterocycles. The fraction of sp³-hybridized carbons (Fsp3) is 0.773. The van der Waals surface area contributed by atoms with Crippen molar-refractivity contribution in [3.8, 4) is 0 Å². The second kappa shape index (κ2) is 9.26. The summed E-state index contributed by atoms with van der Waals surface area (Å²) >= 11 is 0. The van der Waals surface area contributed by atoms with Crippen molar-refractivity contribution in [1.29, 1.82) is 0 Å². The van der Waals surface area contributed by atoms with Gasteiger partial charge in [0.25, 0.3) is 0 Å². The van der Waals surface area contributed by atoms with E-state index in [0.717, 1.165) is 0 Å². The summed E-state index contributed by atoms with van der Waals surface area (Å²) in [6, 6.07) is 0. The number of methoxy groups -OCH3 is 1. The number of hydrogen-bond donors (Lipinski definition) is 0. The molecule has 3 saturated heterocycles. The number of esters is 3. The van der Waals surface area contributed by atoms with E-state index in [1.807, 2.05) is 13.8 Å². The molecular formula is C22H32O9. The number of rotatable bonds is 5. The van der Waals surface area contributed by atoms with Gasteiger partial charge in [0.15, 0.2) is 6.10 Å². The monoisotopic (exact) mass is 440 g/mol. The van der Waals surface area contributed by atoms with Crippen LogP contribution in [0.5, 0.6) is 0 Å². The molecule has 0 unspecified atom stereocenters. The minimum atomic E-state index is -1.21. The molecule has 0 amide bonds. The van der Waals surface area contributed by atoms with Crippen LogP contribution in [0.4, 0.5) is 0 Å². The van der Waals surface area contributed by atoms with Crippen LogP contribution in [0.25, 0.3) is 0 Å². The second-order valence-electron chi connectivity index (χ2n) is 8.69. The Hall–Kier alpha value is -1.97. The normalized spacial score (nSPS) is 39.8. The van der Waals surface area contributed by atoms with Gasteiger partial charge in [-0.15, -0.1) is 0 Å². The first-order chi connectivity index (χ1) is 14.6. The van der Waals surface area contributed by atoms with E-state index >= 15 is 0 Å². The van der Waals surface area contributed by atoms with Crippen molar-refractivity contribution in [2.75, 3.05) is 13.7 Å². The SMILES string of the molecule is COC(=O)/C=C(\C)C[C@@H]1OC[C@H]2C[C@@H](OC(C)=O)[C@H]3O[C@@]2(O[C@@H](C)[C@@H]3C)[C@H]1OC(C)=O. The summed E-state index contributed by atoms with van der Waals surface area (Å²) in [5, 5.41) is 0. The molecule has 0 aromatic carbocycles. The van der Waals surface area contributed by atoms with Gasteiger partial charge < -0.3 is 28.4 Å². The summed E-state index contributed by atoms with van der Waals surface area (Å²) in [4.78, 5) is 35.3. The molecule has 0 aromatic rings. The van der Waals surface area contributed by atoms with Gasteiger partial charge in [-0.25, -0.2) is 4.79 Å². The molecule has 0 N–H and O–H groups in total. The third kappa shape index (κ3) is 4.78. The zero-order valence-electron chi connectivity index (χ0n) is 18.9. The second-order valence-corrected chi connectivity index (χ2v) is 8.69. The first-order valence-corrected chi connectivity index (χ1v) is 10.6. The Bertz CT molecular complexity index is 747. The van der Waals surface area contributed by atoms with Crippen molar-refractivity contribution < 1.29 is 42.8 Å². The molecule has 8 atom stereocenters. The summed E-state index contributed by atoms with van der Waals surface area (Å²) in [7, 11) is 1.31. The maximum absolute atomic E-state index is 12.0. The highest BCUT2D eigenvalue weighted by Crippen LogP contribution is 2.51. The summed E-state index contributed by atoms with van der Waals surface area (Å²) in [5.74, 6) is -2.87. The van der Waals surface area contributed by atoms with Crippen LogP contribution in [0.15, 0.2) is 11.6 Å². The molecule has 1 spiro atoms. The van der Waals surface area contributed by atoms with Gasteiger partial charge in [-0.3, -0.25) is 9.59 Å². The Morgan fingerprint density at radius 1 is 1.06 bits per heavy atom. The van der Waals surface area contributed by atoms with Crippen LogP contribution < -0.4 is 0 Å². The first kappa shape index (κ1) is 23.7. The van der Waals surface area contributed by atoms with E-state index in [-0.39, 0.29) is 30.5 Å². The largest absolute Gasteiger partial charge is 0.466 e. The predicted octanol–water partition coefficient (Wildman–Crippen LogP) is 1.91. The molecule has 3 fully saturated rings. The van der Waals surface area contributed by atoms with Gasteiger partial charge in [-0.05, 0) is 26.7 Å². The fourth-order valence-corrected chi connectivity index (χ4v) is 4.80. The van der Waals surface area contributed by atoms with Crippen molar-refractivity contribution >= 4 is 17.9 Å². The highest BCUT2D eigenvalue weighted by atomic mass is 16.8. The number of carbonyl (C=O) groups is 3. The molecule has 3 aliphatic rings. The summed E-state index contributed by atoms with van der Waals surface area (Å²) in [5.41, 5.74) is 0.714. The maximum atomic E-state index is 12.0. The van der Waals surface area contributed by atoms with Crippen LogP contribution in [0.3, 0.4) is 0 Å². The van der Waals surface area contributed by atoms with Crippen molar-refractivity contribution in [2.45, 2.75) is 83.8 Å². The molecule has 9 heteroatoms. The third-order valence-corrected chi connectivity index (χ3v) is 6.35. The van der Waals surface area contributed by atoms with Crippen LogP contribution in [-0.2, 0) is 42.8 Å². The van der Waals surface area contributed by atoms with E-state index in [1.54, 1.807) is 6.92 Å². The standard InChI is InChI=1S/C22H32O9/c1-11(8-19(25)26-6)7-18-21(29-15(5)24)22-16(10-27-18)9-17(28-14(4)23)20(31-22)12(2)13(3)30-22/h8,12-13,16-18,20-21H,7,9-10H2,1-6H3/b11-8+/t12-,13-,16+,17+,18-,20-,21-,22+/m0/s1. The van der Waals surface area contributed by atoms with Crippen molar-refractivity contribution in [3.63, 3.8) is 0 Å². The lowest BCUT2D eigenvalue weighted by Crippen LogP contribution is -2.73. The molecule has 3 heterocycles. The lowest BCUT2D eigenvalue weighted by Gasteiger charge is -2.60. The average molecular weight is 440 g/mol. The Labute approximate surface area is 182 Å². The van der Waals surface area contributed by atoms with Gasteiger partial charge >= 0.3 is 17.9 Å². The maximum Gasteiger partial charge on any atom is 0.330 e. The number of carbonyl (C=O) groups excluding carboxylic acids is 3. The van der Waals surface area contributed by atoms with E-state index in [2.05, 4.69) is 4.74 Å². The van der Waals surface area contributed by atoms with E-state index in [4.69, 9.17) is 23.7 Å². The number of hydrogen-bond acceptors (Lipinski definition) is 9. The highest BCUT2D eigenvalue weighted by Gasteiger charge is 2.65. The Morgan fingerprint density at radius 2 is 1.74 bits per heavy atom. The van der Waals surface area contributed by atoms with E-state index < -0.39 is 42.1 Å². The molecule has 3 aliphatic heterocycles. The van der Waals surface area contributed by atoms with Gasteiger partial charge in [0.05, 0.1) is 19.8 Å². The van der Waals surface area contributed by atoms with Crippen LogP contribution in [-0.4, -0.2) is 67.9 Å². The van der Waals surface area contributed by atoms with Gasteiger partial charge in [0.1, 0.15) is 18.3 Å². The van der Waals surface area contributed by atoms with Gasteiger partial charge in [-0.2, -0.15) is 0 Å². The molecule has 174 valence electrons. The topological polar surface area (TPSA) is 107 Å². The third-order valence-electron chi connectivity index (χ3n) is 6.35. The van der Waals surface area contributed by atoms with Crippen LogP contribution in [0.2, 0.25) is 0 Å². The lowest BCUT2D eigenvalue weighted by molar-refractivity contribution is -0.437. The Balaban J connectivity index is 1.94. The molecule has 0 aliphatic carbocycles. The minimum absolute atomic E-state index is 0.0313. The summed E-state index contributed by atoms with van der Waals surface area (Å²) in [6.07, 6.45) is -0.287. The Kier molecular flexibility index (Phi) is 7.08. The van der Waals surface area contributed by atoms with Crippen molar-refractivity contribution in [1.82, 2.24) is 0 Å². The van der Waals surface area contributed by atoms with Gasteiger partial charge in [0.2, 0.25) is 5.79 Å². The molecule has 2 bridgehead atoms. The zero-order valence-corrected chi connectivity index (χ0v) is 18.9. The lowest BCUT2D eigenvalue weighted by atomic mass is 9.75. The van der Waals surface area contributed by atoms with E-state index in [9.17, 15) is 14.4 Å². The molecule has 9 nitrogen and oxygen atoms in total. The quantitative estimate of drug-likeness (QED) is 0.360. The molecule has 31 heavy (non-hydrogen) atoms. The van der Waals surface area contributed by atoms with Crippen molar-refractivity contribution in [2.24, 2.45) is 11.8 Å². The fourth-order valence-electron chi connectivity index (χ4n) is 4.80. The number of ether oxygens (including phenoxy) is 6. The zero-order chi connectivity index (χ0) is 22.9. The summed E-state index contributed by atoms with van der Waals surface area (Å²) in [6.45, 7) is 8.68.